The second-order valence-electron chi connectivity index (χ2n) is 3.85. The van der Waals surface area contributed by atoms with Gasteiger partial charge in [-0.05, 0) is 19.4 Å². The molecule has 0 radical (unpaired) electrons. The number of hydrogen-bond donors (Lipinski definition) is 1. The molecule has 0 spiro atoms. The largest absolute Gasteiger partial charge is 0.368 e. The number of nitrogens with two attached hydrogens (primary N) is 1. The van der Waals surface area contributed by atoms with E-state index >= 15 is 0 Å². The van der Waals surface area contributed by atoms with Crippen molar-refractivity contribution in [1.29, 1.82) is 0 Å². The molecule has 1 atom stereocenters. The van der Waals surface area contributed by atoms with Crippen LogP contribution >= 0.6 is 0 Å². The molecule has 2 aromatic rings. The van der Waals surface area contributed by atoms with Crippen molar-refractivity contribution in [1.82, 2.24) is 15.0 Å². The van der Waals surface area contributed by atoms with Crippen LogP contribution in [0.25, 0.3) is 0 Å². The van der Waals surface area contributed by atoms with Crippen molar-refractivity contribution in [2.24, 2.45) is 0 Å². The van der Waals surface area contributed by atoms with E-state index in [1.165, 1.54) is 0 Å². The first-order chi connectivity index (χ1) is 8.70. The van der Waals surface area contributed by atoms with Gasteiger partial charge in [-0.1, -0.05) is 30.3 Å². The van der Waals surface area contributed by atoms with Crippen LogP contribution < -0.4 is 5.73 Å². The maximum atomic E-state index is 5.72. The van der Waals surface area contributed by atoms with E-state index in [0.29, 0.717) is 18.3 Å². The lowest BCUT2D eigenvalue weighted by molar-refractivity contribution is 0.0849. The second-order valence-corrected chi connectivity index (χ2v) is 3.85. The highest BCUT2D eigenvalue weighted by atomic mass is 16.5. The van der Waals surface area contributed by atoms with Crippen molar-refractivity contribution >= 4 is 5.95 Å². The van der Waals surface area contributed by atoms with Crippen LogP contribution in [-0.2, 0) is 4.74 Å². The minimum absolute atomic E-state index is 0.220. The fraction of sp³-hybridized carbons (Fsp3) is 0.308. The van der Waals surface area contributed by atoms with Crippen molar-refractivity contribution < 1.29 is 4.74 Å². The summed E-state index contributed by atoms with van der Waals surface area (Å²) in [6.07, 6.45) is -0.305. The Morgan fingerprint density at radius 1 is 1.17 bits per heavy atom. The van der Waals surface area contributed by atoms with Crippen LogP contribution in [-0.4, -0.2) is 21.6 Å². The molecule has 1 unspecified atom stereocenters. The fourth-order valence-corrected chi connectivity index (χ4v) is 1.76. The minimum atomic E-state index is -0.305. The minimum Gasteiger partial charge on any atom is -0.368 e. The molecular weight excluding hydrogens is 228 g/mol. The molecule has 5 nitrogen and oxygen atoms in total. The molecule has 0 aliphatic heterocycles. The third-order valence-electron chi connectivity index (χ3n) is 2.45. The predicted molar refractivity (Wildman–Crippen MR) is 68.9 cm³/mol. The number of benzene rings is 1. The molecule has 1 aromatic carbocycles. The molecular formula is C13H16N4O. The fourth-order valence-electron chi connectivity index (χ4n) is 1.76. The van der Waals surface area contributed by atoms with Gasteiger partial charge < -0.3 is 10.5 Å². The normalized spacial score (nSPS) is 12.3. The van der Waals surface area contributed by atoms with Crippen LogP contribution in [0.4, 0.5) is 5.95 Å². The van der Waals surface area contributed by atoms with E-state index in [2.05, 4.69) is 15.0 Å². The summed E-state index contributed by atoms with van der Waals surface area (Å²) in [7, 11) is 0. The molecule has 0 bridgehead atoms. The summed E-state index contributed by atoms with van der Waals surface area (Å²) in [6, 6.07) is 9.84. The molecule has 2 N–H and O–H groups in total. The number of nitrogen functional groups attached to an aromatic ring is 1. The Morgan fingerprint density at radius 3 is 2.50 bits per heavy atom. The van der Waals surface area contributed by atoms with Crippen molar-refractivity contribution in [2.75, 3.05) is 12.3 Å². The van der Waals surface area contributed by atoms with Gasteiger partial charge in [-0.25, -0.2) is 4.98 Å². The number of aromatic nitrogens is 3. The third kappa shape index (κ3) is 2.81. The summed E-state index contributed by atoms with van der Waals surface area (Å²) < 4.78 is 5.72. The topological polar surface area (TPSA) is 73.9 Å². The van der Waals surface area contributed by atoms with E-state index in [9.17, 15) is 0 Å². The Hall–Kier alpha value is -2.01. The van der Waals surface area contributed by atoms with Gasteiger partial charge in [-0.2, -0.15) is 9.97 Å². The number of nitrogens with zero attached hydrogens (tertiary/aromatic N) is 3. The summed E-state index contributed by atoms with van der Waals surface area (Å²) in [5.74, 6) is 1.37. The lowest BCUT2D eigenvalue weighted by Crippen LogP contribution is -2.13. The average Bonchev–Trinajstić information content (AvgIpc) is 2.36. The quantitative estimate of drug-likeness (QED) is 0.889. The lowest BCUT2D eigenvalue weighted by atomic mass is 10.1. The third-order valence-corrected chi connectivity index (χ3v) is 2.45. The molecule has 94 valence electrons. The SMILES string of the molecule is CCOC(c1ccccc1)c1nc(C)nc(N)n1. The van der Waals surface area contributed by atoms with E-state index < -0.39 is 0 Å². The van der Waals surface area contributed by atoms with Crippen molar-refractivity contribution in [3.05, 3.63) is 47.5 Å². The molecule has 1 aromatic heterocycles. The van der Waals surface area contributed by atoms with Crippen LogP contribution in [0.15, 0.2) is 30.3 Å². The molecule has 0 fully saturated rings. The maximum absolute atomic E-state index is 5.72. The Labute approximate surface area is 106 Å². The van der Waals surface area contributed by atoms with Gasteiger partial charge in [-0.3, -0.25) is 0 Å². The van der Waals surface area contributed by atoms with E-state index in [4.69, 9.17) is 10.5 Å². The van der Waals surface area contributed by atoms with Crippen molar-refractivity contribution in [3.8, 4) is 0 Å². The van der Waals surface area contributed by atoms with E-state index in [1.54, 1.807) is 6.92 Å². The zero-order chi connectivity index (χ0) is 13.0. The van der Waals surface area contributed by atoms with Crippen LogP contribution in [0, 0.1) is 6.92 Å². The highest BCUT2D eigenvalue weighted by Crippen LogP contribution is 2.23. The van der Waals surface area contributed by atoms with E-state index in [0.717, 1.165) is 5.56 Å². The summed E-state index contributed by atoms with van der Waals surface area (Å²) in [5.41, 5.74) is 6.66. The van der Waals surface area contributed by atoms with Gasteiger partial charge in [0, 0.05) is 6.61 Å². The van der Waals surface area contributed by atoms with Crippen molar-refractivity contribution in [2.45, 2.75) is 20.0 Å². The first-order valence-corrected chi connectivity index (χ1v) is 5.85. The smallest absolute Gasteiger partial charge is 0.223 e. The first-order valence-electron chi connectivity index (χ1n) is 5.85. The van der Waals surface area contributed by atoms with Crippen molar-refractivity contribution in [3.63, 3.8) is 0 Å². The molecule has 0 aliphatic rings. The van der Waals surface area contributed by atoms with Gasteiger partial charge in [-0.15, -0.1) is 0 Å². The molecule has 5 heteroatoms. The monoisotopic (exact) mass is 244 g/mol. The Kier molecular flexibility index (Phi) is 3.84. The van der Waals surface area contributed by atoms with Gasteiger partial charge in [0.2, 0.25) is 5.95 Å². The molecule has 0 saturated carbocycles. The maximum Gasteiger partial charge on any atom is 0.223 e. The number of anilines is 1. The highest BCUT2D eigenvalue weighted by Gasteiger charge is 2.18. The molecule has 0 saturated heterocycles. The average molecular weight is 244 g/mol. The second kappa shape index (κ2) is 5.55. The van der Waals surface area contributed by atoms with Gasteiger partial charge in [0.1, 0.15) is 11.9 Å². The van der Waals surface area contributed by atoms with Crippen LogP contribution in [0.5, 0.6) is 0 Å². The number of aryl methyl sites for hydroxylation is 1. The molecule has 0 aliphatic carbocycles. The van der Waals surface area contributed by atoms with Gasteiger partial charge in [0.05, 0.1) is 0 Å². The van der Waals surface area contributed by atoms with E-state index in [-0.39, 0.29) is 12.1 Å². The number of hydrogen-bond acceptors (Lipinski definition) is 5. The summed E-state index contributed by atoms with van der Waals surface area (Å²) in [5, 5.41) is 0. The van der Waals surface area contributed by atoms with Crippen LogP contribution in [0.2, 0.25) is 0 Å². The highest BCUT2D eigenvalue weighted by molar-refractivity contribution is 5.25. The summed E-state index contributed by atoms with van der Waals surface area (Å²) in [4.78, 5) is 12.4. The van der Waals surface area contributed by atoms with Gasteiger partial charge in [0.25, 0.3) is 0 Å². The predicted octanol–water partition coefficient (Wildman–Crippen LogP) is 1.89. The molecule has 2 rings (SSSR count). The lowest BCUT2D eigenvalue weighted by Gasteiger charge is -2.16. The zero-order valence-corrected chi connectivity index (χ0v) is 10.5. The summed E-state index contributed by atoms with van der Waals surface area (Å²) in [6.45, 7) is 4.30. The Balaban J connectivity index is 2.41. The molecule has 1 heterocycles. The Bertz CT molecular complexity index is 495. The standard InChI is InChI=1S/C13H16N4O/c1-3-18-11(10-7-5-4-6-8-10)12-15-9(2)16-13(14)17-12/h4-8,11H,3H2,1-2H3,(H2,14,15,16,17). The zero-order valence-electron chi connectivity index (χ0n) is 10.5. The molecule has 18 heavy (non-hydrogen) atoms. The van der Waals surface area contributed by atoms with Crippen LogP contribution in [0.1, 0.15) is 30.2 Å². The Morgan fingerprint density at radius 2 is 1.89 bits per heavy atom. The van der Waals surface area contributed by atoms with Crippen LogP contribution in [0.3, 0.4) is 0 Å². The number of rotatable bonds is 4. The molecule has 0 amide bonds. The number of ether oxygens (including phenoxy) is 1. The summed E-state index contributed by atoms with van der Waals surface area (Å²) >= 11 is 0. The van der Waals surface area contributed by atoms with E-state index in [1.807, 2.05) is 37.3 Å². The van der Waals surface area contributed by atoms with Gasteiger partial charge >= 0.3 is 0 Å². The first kappa shape index (κ1) is 12.4. The van der Waals surface area contributed by atoms with Gasteiger partial charge in [0.15, 0.2) is 5.82 Å².